The number of benzene rings is 1. The number of hydrogen-bond acceptors (Lipinski definition) is 3. The molecular weight excluding hydrogens is 216 g/mol. The first-order valence-corrected chi connectivity index (χ1v) is 5.72. The third-order valence-corrected chi connectivity index (χ3v) is 3.11. The van der Waals surface area contributed by atoms with Crippen molar-refractivity contribution in [2.45, 2.75) is 33.1 Å². The van der Waals surface area contributed by atoms with Gasteiger partial charge in [0.05, 0.1) is 14.2 Å². The fourth-order valence-corrected chi connectivity index (χ4v) is 2.37. The molecule has 3 nitrogen and oxygen atoms in total. The highest BCUT2D eigenvalue weighted by atomic mass is 16.5. The van der Waals surface area contributed by atoms with Gasteiger partial charge in [-0.05, 0) is 42.5 Å². The molecule has 0 N–H and O–H groups in total. The Balaban J connectivity index is 3.35. The van der Waals surface area contributed by atoms with Gasteiger partial charge in [0, 0.05) is 6.42 Å². The lowest BCUT2D eigenvalue weighted by Gasteiger charge is -2.20. The molecule has 0 saturated heterocycles. The molecule has 0 fully saturated rings. The van der Waals surface area contributed by atoms with Crippen molar-refractivity contribution in [3.63, 3.8) is 0 Å². The fourth-order valence-electron chi connectivity index (χ4n) is 2.37. The second-order valence-electron chi connectivity index (χ2n) is 4.27. The van der Waals surface area contributed by atoms with E-state index in [4.69, 9.17) is 9.47 Å². The SMILES string of the molecule is COc1cc(C)c(C(C)CC=O)c(C)c1OC. The molecule has 94 valence electrons. The monoisotopic (exact) mass is 236 g/mol. The van der Waals surface area contributed by atoms with Crippen molar-refractivity contribution < 1.29 is 14.3 Å². The van der Waals surface area contributed by atoms with Crippen LogP contribution >= 0.6 is 0 Å². The van der Waals surface area contributed by atoms with E-state index in [1.807, 2.05) is 19.9 Å². The average molecular weight is 236 g/mol. The number of ether oxygens (including phenoxy) is 2. The van der Waals surface area contributed by atoms with Gasteiger partial charge < -0.3 is 14.3 Å². The number of aldehydes is 1. The minimum atomic E-state index is 0.201. The molecule has 1 unspecified atom stereocenters. The molecule has 3 heteroatoms. The summed E-state index contributed by atoms with van der Waals surface area (Å²) in [7, 11) is 3.26. The van der Waals surface area contributed by atoms with Crippen LogP contribution in [0.1, 0.15) is 36.0 Å². The van der Waals surface area contributed by atoms with Crippen LogP contribution in [0.4, 0.5) is 0 Å². The Morgan fingerprint density at radius 3 is 2.41 bits per heavy atom. The lowest BCUT2D eigenvalue weighted by Crippen LogP contribution is -2.04. The van der Waals surface area contributed by atoms with Gasteiger partial charge in [0.15, 0.2) is 11.5 Å². The third kappa shape index (κ3) is 2.60. The molecule has 1 aromatic carbocycles. The van der Waals surface area contributed by atoms with Gasteiger partial charge in [-0.25, -0.2) is 0 Å². The Labute approximate surface area is 103 Å². The molecule has 0 saturated carbocycles. The third-order valence-electron chi connectivity index (χ3n) is 3.11. The van der Waals surface area contributed by atoms with E-state index in [1.54, 1.807) is 14.2 Å². The minimum absolute atomic E-state index is 0.201. The molecule has 0 aliphatic heterocycles. The van der Waals surface area contributed by atoms with Crippen LogP contribution in [-0.4, -0.2) is 20.5 Å². The molecular formula is C14H20O3. The van der Waals surface area contributed by atoms with Crippen molar-refractivity contribution in [2.75, 3.05) is 14.2 Å². The highest BCUT2D eigenvalue weighted by Gasteiger charge is 2.18. The zero-order valence-electron chi connectivity index (χ0n) is 11.2. The Kier molecular flexibility index (Phi) is 4.55. The zero-order valence-corrected chi connectivity index (χ0v) is 11.2. The summed E-state index contributed by atoms with van der Waals surface area (Å²) in [6, 6.07) is 1.96. The van der Waals surface area contributed by atoms with Crippen LogP contribution in [0.2, 0.25) is 0 Å². The molecule has 1 aromatic rings. The van der Waals surface area contributed by atoms with Crippen molar-refractivity contribution in [3.05, 3.63) is 22.8 Å². The van der Waals surface area contributed by atoms with E-state index in [-0.39, 0.29) is 5.92 Å². The number of carbonyl (C=O) groups excluding carboxylic acids is 1. The molecule has 0 bridgehead atoms. The first-order valence-electron chi connectivity index (χ1n) is 5.72. The Bertz CT molecular complexity index is 410. The van der Waals surface area contributed by atoms with Crippen molar-refractivity contribution in [1.82, 2.24) is 0 Å². The average Bonchev–Trinajstić information content (AvgIpc) is 2.28. The van der Waals surface area contributed by atoms with E-state index >= 15 is 0 Å². The van der Waals surface area contributed by atoms with Crippen LogP contribution in [0.3, 0.4) is 0 Å². The van der Waals surface area contributed by atoms with Gasteiger partial charge in [0.1, 0.15) is 6.29 Å². The Hall–Kier alpha value is -1.51. The molecule has 0 heterocycles. The maximum Gasteiger partial charge on any atom is 0.163 e. The highest BCUT2D eigenvalue weighted by molar-refractivity contribution is 5.57. The van der Waals surface area contributed by atoms with Gasteiger partial charge in [0.2, 0.25) is 0 Å². The summed E-state index contributed by atoms with van der Waals surface area (Å²) in [4.78, 5) is 10.6. The first-order chi connectivity index (χ1) is 8.06. The molecule has 1 rings (SSSR count). The van der Waals surface area contributed by atoms with E-state index < -0.39 is 0 Å². The smallest absolute Gasteiger partial charge is 0.163 e. The van der Waals surface area contributed by atoms with Crippen LogP contribution in [0.15, 0.2) is 6.07 Å². The van der Waals surface area contributed by atoms with Crippen LogP contribution in [0.25, 0.3) is 0 Å². The second kappa shape index (κ2) is 5.71. The maximum absolute atomic E-state index is 10.6. The number of rotatable bonds is 5. The largest absolute Gasteiger partial charge is 0.493 e. The van der Waals surface area contributed by atoms with Gasteiger partial charge in [0.25, 0.3) is 0 Å². The molecule has 0 amide bonds. The Morgan fingerprint density at radius 1 is 1.29 bits per heavy atom. The normalized spacial score (nSPS) is 12.1. The number of carbonyl (C=O) groups is 1. The van der Waals surface area contributed by atoms with Gasteiger partial charge in [-0.1, -0.05) is 6.92 Å². The standard InChI is InChI=1S/C14H20O3/c1-9(6-7-15)13-10(2)8-12(16-4)14(17-5)11(13)3/h7-9H,6H2,1-5H3. The van der Waals surface area contributed by atoms with Crippen LogP contribution in [-0.2, 0) is 4.79 Å². The fraction of sp³-hybridized carbons (Fsp3) is 0.500. The Morgan fingerprint density at radius 2 is 1.94 bits per heavy atom. The lowest BCUT2D eigenvalue weighted by molar-refractivity contribution is -0.108. The van der Waals surface area contributed by atoms with E-state index in [1.165, 1.54) is 5.56 Å². The van der Waals surface area contributed by atoms with E-state index in [9.17, 15) is 4.79 Å². The quantitative estimate of drug-likeness (QED) is 0.737. The van der Waals surface area contributed by atoms with Gasteiger partial charge >= 0.3 is 0 Å². The zero-order chi connectivity index (χ0) is 13.0. The van der Waals surface area contributed by atoms with Crippen molar-refractivity contribution >= 4 is 6.29 Å². The molecule has 0 aliphatic rings. The minimum Gasteiger partial charge on any atom is -0.493 e. The van der Waals surface area contributed by atoms with Crippen molar-refractivity contribution in [3.8, 4) is 11.5 Å². The van der Waals surface area contributed by atoms with Crippen LogP contribution < -0.4 is 9.47 Å². The van der Waals surface area contributed by atoms with Gasteiger partial charge in [-0.3, -0.25) is 0 Å². The summed E-state index contributed by atoms with van der Waals surface area (Å²) in [5, 5.41) is 0. The summed E-state index contributed by atoms with van der Waals surface area (Å²) in [5.74, 6) is 1.70. The highest BCUT2D eigenvalue weighted by Crippen LogP contribution is 2.38. The topological polar surface area (TPSA) is 35.5 Å². The summed E-state index contributed by atoms with van der Waals surface area (Å²) in [6.45, 7) is 6.09. The number of hydrogen-bond donors (Lipinski definition) is 0. The maximum atomic E-state index is 10.6. The lowest BCUT2D eigenvalue weighted by atomic mass is 9.89. The van der Waals surface area contributed by atoms with E-state index in [0.29, 0.717) is 6.42 Å². The molecule has 0 aliphatic carbocycles. The van der Waals surface area contributed by atoms with Gasteiger partial charge in [-0.2, -0.15) is 0 Å². The summed E-state index contributed by atoms with van der Waals surface area (Å²) < 4.78 is 10.7. The van der Waals surface area contributed by atoms with Crippen molar-refractivity contribution in [1.29, 1.82) is 0 Å². The summed E-state index contributed by atoms with van der Waals surface area (Å²) in [6.07, 6.45) is 1.48. The van der Waals surface area contributed by atoms with E-state index in [0.717, 1.165) is 28.9 Å². The van der Waals surface area contributed by atoms with Gasteiger partial charge in [-0.15, -0.1) is 0 Å². The molecule has 0 radical (unpaired) electrons. The predicted molar refractivity (Wildman–Crippen MR) is 68.1 cm³/mol. The molecule has 0 aromatic heterocycles. The first kappa shape index (κ1) is 13.6. The molecule has 17 heavy (non-hydrogen) atoms. The van der Waals surface area contributed by atoms with Crippen molar-refractivity contribution in [2.24, 2.45) is 0 Å². The van der Waals surface area contributed by atoms with Crippen LogP contribution in [0, 0.1) is 13.8 Å². The van der Waals surface area contributed by atoms with Crippen LogP contribution in [0.5, 0.6) is 11.5 Å². The number of aryl methyl sites for hydroxylation is 1. The number of methoxy groups -OCH3 is 2. The summed E-state index contributed by atoms with van der Waals surface area (Å²) in [5.41, 5.74) is 3.36. The second-order valence-corrected chi connectivity index (χ2v) is 4.27. The summed E-state index contributed by atoms with van der Waals surface area (Å²) >= 11 is 0. The predicted octanol–water partition coefficient (Wildman–Crippen LogP) is 3.01. The van der Waals surface area contributed by atoms with E-state index in [2.05, 4.69) is 6.92 Å². The molecule has 0 spiro atoms. The molecule has 1 atom stereocenters.